The molecule has 1 unspecified atom stereocenters. The van der Waals surface area contributed by atoms with Gasteiger partial charge >= 0.3 is 12.6 Å². The summed E-state index contributed by atoms with van der Waals surface area (Å²) in [4.78, 5) is 48.3. The molecule has 3 heterocycles. The molecule has 2 aliphatic heterocycles. The molecule has 1 fully saturated rings. The number of β-lactam (4-membered cyclic amide) rings is 1. The van der Waals surface area contributed by atoms with E-state index in [9.17, 15) is 28.3 Å². The lowest BCUT2D eigenvalue weighted by atomic mass is 9.77. The molecule has 6 rings (SSSR count). The Bertz CT molecular complexity index is 1780. The number of halogens is 3. The Morgan fingerprint density at radius 1 is 1.02 bits per heavy atom. The summed E-state index contributed by atoms with van der Waals surface area (Å²) < 4.78 is 26.3. The number of nitrogens with one attached hydrogen (secondary N) is 2. The largest absolute Gasteiger partial charge is 0.477 e. The molecule has 15 heteroatoms. The number of aliphatic carboxylic acids is 1. The number of hydrogen-bond acceptors (Lipinski definition) is 9. The van der Waals surface area contributed by atoms with Crippen LogP contribution in [0.3, 0.4) is 0 Å². The van der Waals surface area contributed by atoms with Crippen LogP contribution >= 0.6 is 34.7 Å². The number of carbonyl (C=O) groups is 3. The summed E-state index contributed by atoms with van der Waals surface area (Å²) in [6, 6.07) is 27.9. The number of hydrogen-bond donors (Lipinski definition) is 3. The van der Waals surface area contributed by atoms with E-state index in [-0.39, 0.29) is 23.0 Å². The predicted octanol–water partition coefficient (Wildman–Crippen LogP) is 5.47. The van der Waals surface area contributed by atoms with Crippen molar-refractivity contribution in [2.24, 2.45) is 5.16 Å². The van der Waals surface area contributed by atoms with Gasteiger partial charge in [-0.1, -0.05) is 96.2 Å². The monoisotopic (exact) mass is 709 g/mol. The molecular weight excluding hydrogens is 684 g/mol. The SMILES string of the molecule is O=C(O)C1=C(CCl)CS[C@H]2C(NC(=O)C(=NOC(F)F)c3csc(NC(c4ccccc4)(c4ccccc4)c4ccccc4)n3)C(=O)N12. The number of amides is 2. The second-order valence-electron chi connectivity index (χ2n) is 10.6. The lowest BCUT2D eigenvalue weighted by Gasteiger charge is -2.49. The fraction of sp³-hybridized carbons (Fsp3) is 0.182. The molecule has 1 aromatic heterocycles. The van der Waals surface area contributed by atoms with Gasteiger partial charge in [0.05, 0.1) is 0 Å². The lowest BCUT2D eigenvalue weighted by Crippen LogP contribution is -2.71. The number of alkyl halides is 3. The summed E-state index contributed by atoms with van der Waals surface area (Å²) in [5, 5.41) is 20.2. The van der Waals surface area contributed by atoms with Crippen LogP contribution in [0.15, 0.2) is 113 Å². The van der Waals surface area contributed by atoms with Crippen molar-refractivity contribution in [3.63, 3.8) is 0 Å². The Labute approximate surface area is 286 Å². The highest BCUT2D eigenvalue weighted by atomic mass is 35.5. The van der Waals surface area contributed by atoms with Crippen molar-refractivity contribution >= 4 is 63.3 Å². The van der Waals surface area contributed by atoms with Gasteiger partial charge in [0.1, 0.15) is 28.3 Å². The molecule has 3 N–H and O–H groups in total. The van der Waals surface area contributed by atoms with Crippen molar-refractivity contribution < 1.29 is 33.1 Å². The zero-order valence-electron chi connectivity index (χ0n) is 24.8. The van der Waals surface area contributed by atoms with Gasteiger partial charge < -0.3 is 20.6 Å². The molecular formula is C33H26ClF2N5O5S2. The third-order valence-corrected chi connectivity index (χ3v) is 10.2. The first-order valence-electron chi connectivity index (χ1n) is 14.4. The smallest absolute Gasteiger partial charge is 0.407 e. The zero-order valence-corrected chi connectivity index (χ0v) is 27.1. The van der Waals surface area contributed by atoms with E-state index in [4.69, 9.17) is 11.6 Å². The van der Waals surface area contributed by atoms with Crippen molar-refractivity contribution in [1.82, 2.24) is 15.2 Å². The average Bonchev–Trinajstić information content (AvgIpc) is 3.57. The highest BCUT2D eigenvalue weighted by molar-refractivity contribution is 8.00. The van der Waals surface area contributed by atoms with Crippen LogP contribution in [0.2, 0.25) is 0 Å². The number of aromatic nitrogens is 1. The van der Waals surface area contributed by atoms with Gasteiger partial charge in [-0.15, -0.1) is 34.7 Å². The highest BCUT2D eigenvalue weighted by Gasteiger charge is 2.54. The van der Waals surface area contributed by atoms with Gasteiger partial charge in [0, 0.05) is 17.0 Å². The second kappa shape index (κ2) is 14.1. The molecule has 0 aliphatic carbocycles. The number of thioether (sulfide) groups is 1. The molecule has 0 radical (unpaired) electrons. The normalized spacial score (nSPS) is 17.9. The van der Waals surface area contributed by atoms with Crippen molar-refractivity contribution in [2.75, 3.05) is 16.9 Å². The minimum Gasteiger partial charge on any atom is -0.477 e. The van der Waals surface area contributed by atoms with Crippen molar-refractivity contribution in [2.45, 2.75) is 23.6 Å². The van der Waals surface area contributed by atoms with Crippen LogP contribution in [0.4, 0.5) is 13.9 Å². The number of nitrogens with zero attached hydrogens (tertiary/aromatic N) is 3. The Hall–Kier alpha value is -4.79. The Kier molecular flexibility index (Phi) is 9.76. The van der Waals surface area contributed by atoms with Gasteiger partial charge in [-0.3, -0.25) is 14.5 Å². The maximum Gasteiger partial charge on any atom is 0.407 e. The molecule has 246 valence electrons. The summed E-state index contributed by atoms with van der Waals surface area (Å²) in [5.74, 6) is -2.86. The van der Waals surface area contributed by atoms with E-state index in [2.05, 4.69) is 25.6 Å². The number of thiazole rings is 1. The van der Waals surface area contributed by atoms with E-state index in [0.717, 1.165) is 32.9 Å². The minimum atomic E-state index is -3.34. The number of oxime groups is 1. The summed E-state index contributed by atoms with van der Waals surface area (Å²) in [7, 11) is 0. The third kappa shape index (κ3) is 6.25. The first kappa shape index (κ1) is 33.1. The van der Waals surface area contributed by atoms with Crippen LogP contribution in [-0.4, -0.2) is 68.1 Å². The van der Waals surface area contributed by atoms with E-state index in [0.29, 0.717) is 10.7 Å². The molecule has 4 aromatic rings. The maximum atomic E-state index is 13.5. The average molecular weight is 710 g/mol. The number of carboxylic acids is 1. The predicted molar refractivity (Wildman–Crippen MR) is 179 cm³/mol. The van der Waals surface area contributed by atoms with Crippen molar-refractivity contribution in [3.8, 4) is 0 Å². The molecule has 2 aliphatic rings. The lowest BCUT2D eigenvalue weighted by molar-refractivity contribution is -0.150. The van der Waals surface area contributed by atoms with Crippen LogP contribution in [-0.2, 0) is 24.8 Å². The molecule has 3 aromatic carbocycles. The fourth-order valence-electron chi connectivity index (χ4n) is 5.67. The van der Waals surface area contributed by atoms with E-state index >= 15 is 0 Å². The van der Waals surface area contributed by atoms with E-state index in [1.54, 1.807) is 0 Å². The molecule has 0 bridgehead atoms. The van der Waals surface area contributed by atoms with Gasteiger partial charge in [0.25, 0.3) is 11.8 Å². The molecule has 1 saturated heterocycles. The minimum absolute atomic E-state index is 0.0791. The number of anilines is 1. The highest BCUT2D eigenvalue weighted by Crippen LogP contribution is 2.42. The Morgan fingerprint density at radius 2 is 1.58 bits per heavy atom. The van der Waals surface area contributed by atoms with Crippen LogP contribution < -0.4 is 10.6 Å². The van der Waals surface area contributed by atoms with Gasteiger partial charge in [-0.25, -0.2) is 9.78 Å². The fourth-order valence-corrected chi connectivity index (χ4v) is 8.10. The zero-order chi connectivity index (χ0) is 33.8. The number of carboxylic acid groups (broad SMARTS) is 1. The number of rotatable bonds is 12. The quantitative estimate of drug-likeness (QED) is 0.0581. The second-order valence-corrected chi connectivity index (χ2v) is 12.8. The topological polar surface area (TPSA) is 133 Å². The number of fused-ring (bicyclic) bond motifs is 1. The van der Waals surface area contributed by atoms with Gasteiger partial charge in [-0.2, -0.15) is 8.78 Å². The third-order valence-electron chi connectivity index (χ3n) is 7.80. The Balaban J connectivity index is 1.33. The molecule has 0 saturated carbocycles. The van der Waals surface area contributed by atoms with Crippen LogP contribution in [0, 0.1) is 0 Å². The van der Waals surface area contributed by atoms with Gasteiger partial charge in [-0.05, 0) is 22.3 Å². The van der Waals surface area contributed by atoms with Crippen LogP contribution in [0.1, 0.15) is 22.4 Å². The van der Waals surface area contributed by atoms with Crippen LogP contribution in [0.5, 0.6) is 0 Å². The first-order chi connectivity index (χ1) is 23.2. The van der Waals surface area contributed by atoms with E-state index in [1.165, 1.54) is 17.1 Å². The van der Waals surface area contributed by atoms with E-state index < -0.39 is 47.1 Å². The number of carbonyl (C=O) groups excluding carboxylic acids is 2. The molecule has 2 atom stereocenters. The maximum absolute atomic E-state index is 13.5. The van der Waals surface area contributed by atoms with Crippen LogP contribution in [0.25, 0.3) is 0 Å². The van der Waals surface area contributed by atoms with Gasteiger partial charge in [0.2, 0.25) is 0 Å². The van der Waals surface area contributed by atoms with E-state index in [1.807, 2.05) is 91.0 Å². The Morgan fingerprint density at radius 3 is 2.08 bits per heavy atom. The van der Waals surface area contributed by atoms with Crippen molar-refractivity contribution in [3.05, 3.63) is 130 Å². The molecule has 10 nitrogen and oxygen atoms in total. The van der Waals surface area contributed by atoms with Gasteiger partial charge in [0.15, 0.2) is 10.8 Å². The summed E-state index contributed by atoms with van der Waals surface area (Å²) in [6.07, 6.45) is 0. The van der Waals surface area contributed by atoms with Crippen molar-refractivity contribution in [1.29, 1.82) is 0 Å². The summed E-state index contributed by atoms with van der Waals surface area (Å²) in [5.41, 5.74) is 1.16. The summed E-state index contributed by atoms with van der Waals surface area (Å²) in [6.45, 7) is -3.34. The first-order valence-corrected chi connectivity index (χ1v) is 16.9. The molecule has 0 spiro atoms. The molecule has 2 amide bonds. The standard InChI is InChI=1S/C33H26ClF2N5O5S2/c34-16-19-17-47-29-25(28(43)41(29)26(19)30(44)45)38-27(42)24(40-46-31(35)36)23-18-48-32(37-23)39-33(20-10-4-1-5-11-20,21-12-6-2-7-13-21)22-14-8-3-9-15-22/h1-15,18,25,29,31H,16-17H2,(H,37,39)(H,38,42)(H,44,45)/t25?,29-/m0/s1. The summed E-state index contributed by atoms with van der Waals surface area (Å²) >= 11 is 8.23. The number of benzene rings is 3. The molecule has 48 heavy (non-hydrogen) atoms.